The van der Waals surface area contributed by atoms with E-state index in [0.29, 0.717) is 49.9 Å². The topological polar surface area (TPSA) is 99.0 Å². The molecule has 1 amide bonds. The number of nitro benzene ring substituents is 1. The molecule has 4 aliphatic carbocycles. The second kappa shape index (κ2) is 10.0. The van der Waals surface area contributed by atoms with E-state index in [4.69, 9.17) is 21.7 Å². The zero-order valence-electron chi connectivity index (χ0n) is 21.1. The summed E-state index contributed by atoms with van der Waals surface area (Å²) in [5, 5.41) is 11.2. The van der Waals surface area contributed by atoms with Crippen molar-refractivity contribution >= 4 is 73.6 Å². The molecule has 1 saturated heterocycles. The van der Waals surface area contributed by atoms with Crippen LogP contribution in [0.1, 0.15) is 44.1 Å². The standard InChI is InChI=1S/C28H25BrN2O6S2/c1-36-22-9-15(10-23-25(32)30(27(38)39-23)19-3-2-4-20(11-19)31(34)35)8-21(29)24(22)37-26(33)28-12-16-5-17(13-28)7-18(6-16)14-28/h2-4,8-11,16-18H,5-7,12-14H2,1H3/b23-10+. The molecule has 0 aromatic heterocycles. The van der Waals surface area contributed by atoms with E-state index in [1.807, 2.05) is 0 Å². The Morgan fingerprint density at radius 2 is 1.85 bits per heavy atom. The number of ether oxygens (including phenoxy) is 2. The van der Waals surface area contributed by atoms with Crippen molar-refractivity contribution < 1.29 is 24.0 Å². The predicted molar refractivity (Wildman–Crippen MR) is 156 cm³/mol. The predicted octanol–water partition coefficient (Wildman–Crippen LogP) is 6.89. The van der Waals surface area contributed by atoms with Crippen molar-refractivity contribution in [2.75, 3.05) is 12.0 Å². The average Bonchev–Trinajstić information content (AvgIpc) is 3.16. The maximum absolute atomic E-state index is 13.5. The minimum atomic E-state index is -0.516. The molecular weight excluding hydrogens is 604 g/mol. The molecule has 0 unspecified atom stereocenters. The first kappa shape index (κ1) is 26.5. The van der Waals surface area contributed by atoms with Crippen LogP contribution >= 0.6 is 39.9 Å². The number of benzene rings is 2. The zero-order chi connectivity index (χ0) is 27.5. The largest absolute Gasteiger partial charge is 0.493 e. The number of anilines is 1. The number of nitro groups is 1. The number of carbonyl (C=O) groups is 2. The van der Waals surface area contributed by atoms with E-state index in [9.17, 15) is 19.7 Å². The summed E-state index contributed by atoms with van der Waals surface area (Å²) in [6, 6.07) is 9.28. The lowest BCUT2D eigenvalue weighted by atomic mass is 9.49. The van der Waals surface area contributed by atoms with Crippen LogP contribution in [0.25, 0.3) is 6.08 Å². The summed E-state index contributed by atoms with van der Waals surface area (Å²) in [4.78, 5) is 39.1. The Kier molecular flexibility index (Phi) is 6.79. The first-order valence-electron chi connectivity index (χ1n) is 12.8. The number of carbonyl (C=O) groups excluding carboxylic acids is 2. The second-order valence-electron chi connectivity index (χ2n) is 10.9. The van der Waals surface area contributed by atoms with E-state index >= 15 is 0 Å². The van der Waals surface area contributed by atoms with Crippen molar-refractivity contribution in [1.29, 1.82) is 0 Å². The molecule has 202 valence electrons. The van der Waals surface area contributed by atoms with Crippen molar-refractivity contribution in [2.24, 2.45) is 23.2 Å². The summed E-state index contributed by atoms with van der Waals surface area (Å²) in [6.45, 7) is 0. The van der Waals surface area contributed by atoms with Gasteiger partial charge in [-0.1, -0.05) is 30.0 Å². The summed E-state index contributed by atoms with van der Waals surface area (Å²) < 4.78 is 12.4. The summed E-state index contributed by atoms with van der Waals surface area (Å²) >= 11 is 10.1. The number of amides is 1. The summed E-state index contributed by atoms with van der Waals surface area (Å²) in [5.74, 6) is 2.03. The van der Waals surface area contributed by atoms with Crippen molar-refractivity contribution in [1.82, 2.24) is 0 Å². The Hall–Kier alpha value is -2.76. The third-order valence-electron chi connectivity index (χ3n) is 8.31. The maximum atomic E-state index is 13.5. The van der Waals surface area contributed by atoms with Gasteiger partial charge in [-0.2, -0.15) is 0 Å². The monoisotopic (exact) mass is 628 g/mol. The average molecular weight is 630 g/mol. The van der Waals surface area contributed by atoms with Gasteiger partial charge in [-0.25, -0.2) is 0 Å². The van der Waals surface area contributed by atoms with Crippen LogP contribution in [-0.4, -0.2) is 28.2 Å². The third-order valence-corrected chi connectivity index (χ3v) is 10.2. The molecule has 1 aliphatic heterocycles. The molecule has 5 aliphatic rings. The molecule has 7 rings (SSSR count). The number of nitrogens with zero attached hydrogens (tertiary/aromatic N) is 2. The van der Waals surface area contributed by atoms with E-state index in [1.165, 1.54) is 49.5 Å². The van der Waals surface area contributed by atoms with Gasteiger partial charge in [0.05, 0.1) is 32.5 Å². The fraction of sp³-hybridized carbons (Fsp3) is 0.393. The number of hydrogen-bond acceptors (Lipinski definition) is 8. The quantitative estimate of drug-likeness (QED) is 0.0851. The van der Waals surface area contributed by atoms with Crippen LogP contribution in [0.2, 0.25) is 0 Å². The van der Waals surface area contributed by atoms with Gasteiger partial charge in [-0.3, -0.25) is 24.6 Å². The van der Waals surface area contributed by atoms with Crippen molar-refractivity contribution in [2.45, 2.75) is 38.5 Å². The van der Waals surface area contributed by atoms with E-state index < -0.39 is 10.3 Å². The lowest BCUT2D eigenvalue weighted by Gasteiger charge is -2.55. The van der Waals surface area contributed by atoms with Gasteiger partial charge >= 0.3 is 5.97 Å². The third kappa shape index (κ3) is 4.78. The molecule has 4 saturated carbocycles. The van der Waals surface area contributed by atoms with Crippen LogP contribution in [0.3, 0.4) is 0 Å². The van der Waals surface area contributed by atoms with Crippen molar-refractivity contribution in [3.63, 3.8) is 0 Å². The molecule has 0 N–H and O–H groups in total. The number of esters is 1. The van der Waals surface area contributed by atoms with Crippen molar-refractivity contribution in [3.8, 4) is 11.5 Å². The van der Waals surface area contributed by atoms with Gasteiger partial charge < -0.3 is 9.47 Å². The molecule has 2 aromatic carbocycles. The minimum absolute atomic E-state index is 0.127. The van der Waals surface area contributed by atoms with Crippen LogP contribution in [0.4, 0.5) is 11.4 Å². The Labute approximate surface area is 243 Å². The molecule has 11 heteroatoms. The first-order chi connectivity index (χ1) is 18.7. The van der Waals surface area contributed by atoms with Gasteiger partial charge in [-0.05, 0) is 102 Å². The minimum Gasteiger partial charge on any atom is -0.493 e. The van der Waals surface area contributed by atoms with Crippen LogP contribution < -0.4 is 14.4 Å². The molecule has 39 heavy (non-hydrogen) atoms. The van der Waals surface area contributed by atoms with Crippen molar-refractivity contribution in [3.05, 3.63) is 61.5 Å². The van der Waals surface area contributed by atoms with Gasteiger partial charge in [0.25, 0.3) is 11.6 Å². The molecule has 5 fully saturated rings. The second-order valence-corrected chi connectivity index (χ2v) is 13.4. The Morgan fingerprint density at radius 3 is 2.46 bits per heavy atom. The number of methoxy groups -OCH3 is 1. The Bertz CT molecular complexity index is 1420. The highest BCUT2D eigenvalue weighted by atomic mass is 79.9. The fourth-order valence-electron chi connectivity index (χ4n) is 7.07. The molecule has 0 atom stereocenters. The number of thiocarbonyl (C=S) groups is 1. The van der Waals surface area contributed by atoms with Gasteiger partial charge in [-0.15, -0.1) is 0 Å². The van der Waals surface area contributed by atoms with Crippen LogP contribution in [0, 0.1) is 33.3 Å². The summed E-state index contributed by atoms with van der Waals surface area (Å²) in [5.41, 5.74) is 0.449. The lowest BCUT2D eigenvalue weighted by Crippen LogP contribution is -2.51. The van der Waals surface area contributed by atoms with E-state index in [-0.39, 0.29) is 21.9 Å². The Morgan fingerprint density at radius 1 is 1.18 bits per heavy atom. The fourth-order valence-corrected chi connectivity index (χ4v) is 8.91. The summed E-state index contributed by atoms with van der Waals surface area (Å²) in [7, 11) is 1.51. The van der Waals surface area contributed by atoms with Crippen LogP contribution in [0.15, 0.2) is 45.8 Å². The van der Waals surface area contributed by atoms with Gasteiger partial charge in [0.15, 0.2) is 15.8 Å². The molecular formula is C28H25BrN2O6S2. The highest BCUT2D eigenvalue weighted by molar-refractivity contribution is 9.10. The number of thioether (sulfide) groups is 1. The van der Waals surface area contributed by atoms with E-state index in [1.54, 1.807) is 24.3 Å². The summed E-state index contributed by atoms with van der Waals surface area (Å²) in [6.07, 6.45) is 8.10. The molecule has 4 bridgehead atoms. The van der Waals surface area contributed by atoms with Gasteiger partial charge in [0.2, 0.25) is 0 Å². The number of non-ortho nitro benzene ring substituents is 1. The number of halogens is 1. The van der Waals surface area contributed by atoms with Crippen LogP contribution in [-0.2, 0) is 9.59 Å². The van der Waals surface area contributed by atoms with E-state index in [0.717, 1.165) is 31.0 Å². The number of hydrogen-bond donors (Lipinski definition) is 0. The molecule has 1 heterocycles. The normalized spacial score (nSPS) is 28.3. The molecule has 8 nitrogen and oxygen atoms in total. The van der Waals surface area contributed by atoms with Gasteiger partial charge in [0.1, 0.15) is 0 Å². The van der Waals surface area contributed by atoms with Gasteiger partial charge in [0, 0.05) is 12.1 Å². The SMILES string of the molecule is COc1cc(/C=C2/SC(=S)N(c3cccc([N+](=O)[O-])c3)C2=O)cc(Br)c1OC(=O)C12CC3CC(CC(C3)C1)C2. The lowest BCUT2D eigenvalue weighted by molar-refractivity contribution is -0.384. The maximum Gasteiger partial charge on any atom is 0.317 e. The molecule has 0 radical (unpaired) electrons. The first-order valence-corrected chi connectivity index (χ1v) is 14.8. The molecule has 2 aromatic rings. The van der Waals surface area contributed by atoms with Crippen LogP contribution in [0.5, 0.6) is 11.5 Å². The smallest absolute Gasteiger partial charge is 0.317 e. The highest BCUT2D eigenvalue weighted by Crippen LogP contribution is 2.60. The zero-order valence-corrected chi connectivity index (χ0v) is 24.3. The Balaban J connectivity index is 1.25. The molecule has 0 spiro atoms. The number of rotatable bonds is 6. The van der Waals surface area contributed by atoms with E-state index in [2.05, 4.69) is 15.9 Å². The highest BCUT2D eigenvalue weighted by Gasteiger charge is 2.55.